The van der Waals surface area contributed by atoms with E-state index in [9.17, 15) is 0 Å². The first-order chi connectivity index (χ1) is 7.29. The monoisotopic (exact) mass is 198 g/mol. The Morgan fingerprint density at radius 1 is 0.733 bits per heavy atom. The molecule has 7 saturated carbocycles. The van der Waals surface area contributed by atoms with E-state index < -0.39 is 0 Å². The molecule has 7 fully saturated rings. The lowest BCUT2D eigenvalue weighted by molar-refractivity contribution is -0.492. The Morgan fingerprint density at radius 3 is 1.67 bits per heavy atom. The van der Waals surface area contributed by atoms with Crippen LogP contribution in [-0.2, 0) is 0 Å². The second kappa shape index (κ2) is 1.28. The van der Waals surface area contributed by atoms with Gasteiger partial charge < -0.3 is 0 Å². The molecular formula is C15H18. The molecule has 0 N–H and O–H groups in total. The zero-order valence-electron chi connectivity index (χ0n) is 9.37. The molecule has 8 atom stereocenters. The van der Waals surface area contributed by atoms with Crippen molar-refractivity contribution in [2.24, 2.45) is 57.7 Å². The third-order valence-corrected chi connectivity index (χ3v) is 9.78. The minimum absolute atomic E-state index is 0.924. The molecule has 7 rings (SSSR count). The van der Waals surface area contributed by atoms with Gasteiger partial charge in [-0.05, 0) is 83.4 Å². The van der Waals surface area contributed by atoms with Crippen LogP contribution in [0.25, 0.3) is 0 Å². The molecule has 8 unspecified atom stereocenters. The van der Waals surface area contributed by atoms with Gasteiger partial charge in [0.05, 0.1) is 0 Å². The van der Waals surface area contributed by atoms with Crippen LogP contribution in [0.1, 0.15) is 32.6 Å². The highest BCUT2D eigenvalue weighted by Gasteiger charge is 3.05. The van der Waals surface area contributed by atoms with Crippen LogP contribution < -0.4 is 0 Å². The Hall–Kier alpha value is 0. The second-order valence-corrected chi connectivity index (χ2v) is 8.36. The predicted octanol–water partition coefficient (Wildman–Crippen LogP) is 2.93. The molecule has 0 amide bonds. The van der Waals surface area contributed by atoms with Crippen molar-refractivity contribution < 1.29 is 0 Å². The average Bonchev–Trinajstić information content (AvgIpc) is 2.32. The number of hydrogen-bond donors (Lipinski definition) is 0. The quantitative estimate of drug-likeness (QED) is 0.561. The lowest BCUT2D eigenvalue weighted by Crippen LogP contribution is -2.92. The largest absolute Gasteiger partial charge is 0.0582 e. The first-order valence-electron chi connectivity index (χ1n) is 7.29. The fraction of sp³-hybridized carbons (Fsp3) is 1.00. The first kappa shape index (κ1) is 6.67. The summed E-state index contributed by atoms with van der Waals surface area (Å²) in [4.78, 5) is 0. The SMILES string of the molecule is CC12C3C4CC5CC(C6CC7CC3C761)C542. The van der Waals surface area contributed by atoms with Crippen LogP contribution in [0.4, 0.5) is 0 Å². The standard InChI is InChI=1S/C15H18/c1-13-12-10-4-6-2-8(14(6,10)13)9-3-7-5-11(12)15(7,9)13/h6-12H,2-5H2,1H3. The van der Waals surface area contributed by atoms with Gasteiger partial charge in [0, 0.05) is 0 Å². The summed E-state index contributed by atoms with van der Waals surface area (Å²) in [5.41, 5.74) is 2.91. The highest BCUT2D eigenvalue weighted by molar-refractivity contribution is 5.51. The van der Waals surface area contributed by atoms with E-state index in [-0.39, 0.29) is 0 Å². The molecule has 7 aliphatic rings. The molecule has 0 nitrogen and oxygen atoms in total. The molecule has 0 aromatic carbocycles. The molecule has 2 spiro atoms. The van der Waals surface area contributed by atoms with Gasteiger partial charge in [0.1, 0.15) is 0 Å². The van der Waals surface area contributed by atoms with E-state index in [1.165, 1.54) is 41.4 Å². The van der Waals surface area contributed by atoms with Gasteiger partial charge >= 0.3 is 0 Å². The van der Waals surface area contributed by atoms with E-state index in [1.54, 1.807) is 25.7 Å². The van der Waals surface area contributed by atoms with E-state index in [2.05, 4.69) is 6.92 Å². The van der Waals surface area contributed by atoms with E-state index in [4.69, 9.17) is 0 Å². The summed E-state index contributed by atoms with van der Waals surface area (Å²) in [6.07, 6.45) is 6.68. The normalized spacial score (nSPS) is 95.4. The molecule has 0 aliphatic heterocycles. The van der Waals surface area contributed by atoms with Crippen LogP contribution >= 0.6 is 0 Å². The van der Waals surface area contributed by atoms with Crippen molar-refractivity contribution in [3.8, 4) is 0 Å². The minimum atomic E-state index is 0.924. The number of fused-ring (bicyclic) bond motifs is 3. The topological polar surface area (TPSA) is 0 Å². The van der Waals surface area contributed by atoms with E-state index in [0.29, 0.717) is 0 Å². The van der Waals surface area contributed by atoms with Crippen molar-refractivity contribution in [1.29, 1.82) is 0 Å². The van der Waals surface area contributed by atoms with Crippen LogP contribution in [0.5, 0.6) is 0 Å². The first-order valence-corrected chi connectivity index (χ1v) is 7.29. The van der Waals surface area contributed by atoms with E-state index in [1.807, 2.05) is 0 Å². The number of hydrogen-bond acceptors (Lipinski definition) is 0. The summed E-state index contributed by atoms with van der Waals surface area (Å²) >= 11 is 0. The van der Waals surface area contributed by atoms with Crippen molar-refractivity contribution >= 4 is 0 Å². The summed E-state index contributed by atoms with van der Waals surface area (Å²) in [6.45, 7) is 2.76. The molecule has 7 aliphatic carbocycles. The average molecular weight is 198 g/mol. The van der Waals surface area contributed by atoms with Gasteiger partial charge in [-0.15, -0.1) is 0 Å². The summed E-state index contributed by atoms with van der Waals surface area (Å²) in [5, 5.41) is 0. The maximum absolute atomic E-state index is 2.76. The van der Waals surface area contributed by atoms with Crippen molar-refractivity contribution in [3.63, 3.8) is 0 Å². The van der Waals surface area contributed by atoms with Crippen LogP contribution in [-0.4, -0.2) is 0 Å². The Balaban J connectivity index is 1.63. The molecule has 0 aromatic rings. The van der Waals surface area contributed by atoms with Gasteiger partial charge in [0.15, 0.2) is 0 Å². The van der Waals surface area contributed by atoms with Crippen LogP contribution in [0, 0.1) is 57.7 Å². The van der Waals surface area contributed by atoms with E-state index in [0.717, 1.165) is 16.2 Å². The van der Waals surface area contributed by atoms with Crippen LogP contribution in [0.3, 0.4) is 0 Å². The summed E-state index contributed by atoms with van der Waals surface area (Å²) in [6, 6.07) is 0. The predicted molar refractivity (Wildman–Crippen MR) is 55.9 cm³/mol. The fourth-order valence-electron chi connectivity index (χ4n) is 10.2. The summed E-state index contributed by atoms with van der Waals surface area (Å²) in [5.74, 6) is 8.74. The zero-order chi connectivity index (χ0) is 9.37. The van der Waals surface area contributed by atoms with Gasteiger partial charge in [-0.25, -0.2) is 0 Å². The third-order valence-electron chi connectivity index (χ3n) is 9.78. The van der Waals surface area contributed by atoms with Gasteiger partial charge in [-0.3, -0.25) is 0 Å². The highest BCUT2D eigenvalue weighted by Crippen LogP contribution is 3.09. The smallest absolute Gasteiger partial charge is 0.0144 e. The Kier molecular flexibility index (Phi) is 0.569. The number of rotatable bonds is 0. The van der Waals surface area contributed by atoms with Gasteiger partial charge in [0.2, 0.25) is 0 Å². The summed E-state index contributed by atoms with van der Waals surface area (Å²) in [7, 11) is 0. The molecule has 0 radical (unpaired) electrons. The molecule has 78 valence electrons. The zero-order valence-corrected chi connectivity index (χ0v) is 9.37. The third kappa shape index (κ3) is 0.260. The highest BCUT2D eigenvalue weighted by atomic mass is 15.1. The summed E-state index contributed by atoms with van der Waals surface area (Å²) < 4.78 is 0. The van der Waals surface area contributed by atoms with E-state index >= 15 is 0 Å². The van der Waals surface area contributed by atoms with Gasteiger partial charge in [-0.2, -0.15) is 0 Å². The molecule has 15 heavy (non-hydrogen) atoms. The van der Waals surface area contributed by atoms with Crippen molar-refractivity contribution in [2.75, 3.05) is 0 Å². The van der Waals surface area contributed by atoms with Gasteiger partial charge in [-0.1, -0.05) is 6.92 Å². The molecule has 0 heterocycles. The molecule has 0 saturated heterocycles. The molecule has 0 aromatic heterocycles. The lowest BCUT2D eigenvalue weighted by Gasteiger charge is -2.96. The molecular weight excluding hydrogens is 180 g/mol. The Morgan fingerprint density at radius 2 is 1.20 bits per heavy atom. The fourth-order valence-corrected chi connectivity index (χ4v) is 10.2. The Bertz CT molecular complexity index is 427. The van der Waals surface area contributed by atoms with Crippen molar-refractivity contribution in [2.45, 2.75) is 32.6 Å². The lowest BCUT2D eigenvalue weighted by atomic mass is 9.08. The minimum Gasteiger partial charge on any atom is -0.0582 e. The van der Waals surface area contributed by atoms with Gasteiger partial charge in [0.25, 0.3) is 0 Å². The van der Waals surface area contributed by atoms with Crippen molar-refractivity contribution in [1.82, 2.24) is 0 Å². The van der Waals surface area contributed by atoms with Crippen LogP contribution in [0.2, 0.25) is 0 Å². The Labute approximate surface area is 90.8 Å². The maximum atomic E-state index is 2.76. The maximum Gasteiger partial charge on any atom is -0.0144 e. The van der Waals surface area contributed by atoms with Crippen LogP contribution in [0.15, 0.2) is 0 Å². The molecule has 0 heteroatoms. The molecule has 0 bridgehead atoms. The van der Waals surface area contributed by atoms with Crippen molar-refractivity contribution in [3.05, 3.63) is 0 Å². The second-order valence-electron chi connectivity index (χ2n) is 8.36.